The SMILES string of the molecule is Cc1cc(N2C(=O)C3C=CC=CC3=NC2=S)ccc1Br. The number of allylic oxidation sites excluding steroid dienone is 3. The highest BCUT2D eigenvalue weighted by Gasteiger charge is 2.34. The number of aryl methyl sites for hydroxylation is 1. The Morgan fingerprint density at radius 3 is 2.90 bits per heavy atom. The molecule has 1 aromatic carbocycles. The quantitative estimate of drug-likeness (QED) is 0.728. The molecular weight excluding hydrogens is 336 g/mol. The van der Waals surface area contributed by atoms with Gasteiger partial charge in [-0.3, -0.25) is 9.69 Å². The van der Waals surface area contributed by atoms with E-state index >= 15 is 0 Å². The van der Waals surface area contributed by atoms with E-state index in [4.69, 9.17) is 12.2 Å². The summed E-state index contributed by atoms with van der Waals surface area (Å²) >= 11 is 8.73. The van der Waals surface area contributed by atoms with Gasteiger partial charge >= 0.3 is 0 Å². The third-order valence-electron chi connectivity index (χ3n) is 3.30. The van der Waals surface area contributed by atoms with Crippen molar-refractivity contribution in [3.63, 3.8) is 0 Å². The van der Waals surface area contributed by atoms with Crippen LogP contribution in [0.15, 0.2) is 52.0 Å². The number of carbonyl (C=O) groups is 1. The molecule has 5 heteroatoms. The monoisotopic (exact) mass is 346 g/mol. The van der Waals surface area contributed by atoms with Gasteiger partial charge in [-0.2, -0.15) is 0 Å². The first-order valence-electron chi connectivity index (χ1n) is 6.15. The molecule has 1 aliphatic carbocycles. The number of hydrogen-bond donors (Lipinski definition) is 0. The molecule has 0 fully saturated rings. The minimum Gasteiger partial charge on any atom is -0.273 e. The maximum Gasteiger partial charge on any atom is 0.246 e. The third kappa shape index (κ3) is 2.17. The normalized spacial score (nSPS) is 21.0. The molecule has 0 saturated heterocycles. The lowest BCUT2D eigenvalue weighted by molar-refractivity contribution is -0.118. The lowest BCUT2D eigenvalue weighted by Gasteiger charge is -2.30. The van der Waals surface area contributed by atoms with Crippen LogP contribution >= 0.6 is 28.1 Å². The van der Waals surface area contributed by atoms with Crippen LogP contribution < -0.4 is 4.90 Å². The highest BCUT2D eigenvalue weighted by molar-refractivity contribution is 9.10. The molecule has 0 radical (unpaired) electrons. The molecule has 3 rings (SSSR count). The summed E-state index contributed by atoms with van der Waals surface area (Å²) < 4.78 is 1.00. The second kappa shape index (κ2) is 5.07. The Balaban J connectivity index is 2.06. The molecule has 100 valence electrons. The molecule has 0 bridgehead atoms. The Labute approximate surface area is 130 Å². The summed E-state index contributed by atoms with van der Waals surface area (Å²) in [5, 5.41) is 0.294. The van der Waals surface area contributed by atoms with Crippen molar-refractivity contribution in [2.75, 3.05) is 4.90 Å². The molecule has 0 N–H and O–H groups in total. The number of rotatable bonds is 1. The number of nitrogens with zero attached hydrogens (tertiary/aromatic N) is 2. The maximum atomic E-state index is 12.6. The van der Waals surface area contributed by atoms with E-state index in [-0.39, 0.29) is 11.8 Å². The fraction of sp³-hybridized carbons (Fsp3) is 0.133. The van der Waals surface area contributed by atoms with Crippen LogP contribution in [0.3, 0.4) is 0 Å². The maximum absolute atomic E-state index is 12.6. The number of thiocarbonyl (C=S) groups is 1. The van der Waals surface area contributed by atoms with E-state index in [1.54, 1.807) is 0 Å². The average Bonchev–Trinajstić information content (AvgIpc) is 2.43. The highest BCUT2D eigenvalue weighted by Crippen LogP contribution is 2.28. The highest BCUT2D eigenvalue weighted by atomic mass is 79.9. The van der Waals surface area contributed by atoms with Gasteiger partial charge in [-0.15, -0.1) is 0 Å². The molecule has 0 aromatic heterocycles. The molecule has 0 spiro atoms. The van der Waals surface area contributed by atoms with Crippen molar-refractivity contribution in [3.05, 3.63) is 52.5 Å². The molecule has 2 aliphatic rings. The zero-order chi connectivity index (χ0) is 14.3. The van der Waals surface area contributed by atoms with Gasteiger partial charge in [-0.25, -0.2) is 4.99 Å². The molecule has 1 aromatic rings. The molecule has 1 atom stereocenters. The molecular formula is C15H11BrN2OS. The molecule has 1 aliphatic heterocycles. The fourth-order valence-electron chi connectivity index (χ4n) is 2.25. The van der Waals surface area contributed by atoms with Gasteiger partial charge in [-0.1, -0.05) is 34.2 Å². The lowest BCUT2D eigenvalue weighted by Crippen LogP contribution is -2.46. The summed E-state index contributed by atoms with van der Waals surface area (Å²) in [5.74, 6) is -0.391. The van der Waals surface area contributed by atoms with Crippen LogP contribution in [0.25, 0.3) is 0 Å². The van der Waals surface area contributed by atoms with Gasteiger partial charge < -0.3 is 0 Å². The lowest BCUT2D eigenvalue weighted by atomic mass is 9.95. The largest absolute Gasteiger partial charge is 0.273 e. The van der Waals surface area contributed by atoms with Gasteiger partial charge in [0.15, 0.2) is 0 Å². The second-order valence-electron chi connectivity index (χ2n) is 4.65. The molecule has 20 heavy (non-hydrogen) atoms. The number of fused-ring (bicyclic) bond motifs is 1. The van der Waals surface area contributed by atoms with Crippen LogP contribution in [0, 0.1) is 12.8 Å². The van der Waals surface area contributed by atoms with Crippen LogP contribution in [-0.2, 0) is 4.79 Å². The summed E-state index contributed by atoms with van der Waals surface area (Å²) in [4.78, 5) is 18.5. The minimum absolute atomic E-state index is 0.0534. The zero-order valence-electron chi connectivity index (χ0n) is 10.7. The van der Waals surface area contributed by atoms with Crippen LogP contribution in [0.1, 0.15) is 5.56 Å². The Hall–Kier alpha value is -1.59. The smallest absolute Gasteiger partial charge is 0.246 e. The van der Waals surface area contributed by atoms with Gasteiger partial charge in [0, 0.05) is 4.47 Å². The minimum atomic E-state index is -0.337. The number of carbonyl (C=O) groups excluding carboxylic acids is 1. The molecule has 1 amide bonds. The van der Waals surface area contributed by atoms with Crippen molar-refractivity contribution in [3.8, 4) is 0 Å². The predicted octanol–water partition coefficient (Wildman–Crippen LogP) is 3.57. The first kappa shape index (κ1) is 13.4. The Morgan fingerprint density at radius 1 is 1.35 bits per heavy atom. The summed E-state index contributed by atoms with van der Waals surface area (Å²) in [6, 6.07) is 5.71. The van der Waals surface area contributed by atoms with Gasteiger partial charge in [0.05, 0.1) is 17.3 Å². The van der Waals surface area contributed by atoms with Gasteiger partial charge in [0.2, 0.25) is 11.0 Å². The number of amides is 1. The van der Waals surface area contributed by atoms with Crippen LogP contribution in [0.5, 0.6) is 0 Å². The molecule has 1 heterocycles. The third-order valence-corrected chi connectivity index (χ3v) is 4.47. The first-order valence-corrected chi connectivity index (χ1v) is 7.35. The predicted molar refractivity (Wildman–Crippen MR) is 88.2 cm³/mol. The molecule has 0 saturated carbocycles. The van der Waals surface area contributed by atoms with E-state index in [9.17, 15) is 4.79 Å². The van der Waals surface area contributed by atoms with Crippen molar-refractivity contribution < 1.29 is 4.79 Å². The van der Waals surface area contributed by atoms with Crippen LogP contribution in [0.2, 0.25) is 0 Å². The summed E-state index contributed by atoms with van der Waals surface area (Å²) in [5.41, 5.74) is 2.52. The number of halogens is 1. The van der Waals surface area contributed by atoms with Crippen molar-refractivity contribution >= 4 is 50.6 Å². The fourth-order valence-corrected chi connectivity index (χ4v) is 2.79. The van der Waals surface area contributed by atoms with Crippen LogP contribution in [-0.4, -0.2) is 16.7 Å². The number of aliphatic imine (C=N–C) groups is 1. The molecule has 3 nitrogen and oxygen atoms in total. The Morgan fingerprint density at radius 2 is 2.15 bits per heavy atom. The Bertz CT molecular complexity index is 706. The summed E-state index contributed by atoms with van der Waals surface area (Å²) in [7, 11) is 0. The summed E-state index contributed by atoms with van der Waals surface area (Å²) in [6.45, 7) is 1.98. The first-order chi connectivity index (χ1) is 9.58. The van der Waals surface area contributed by atoms with E-state index < -0.39 is 0 Å². The van der Waals surface area contributed by atoms with Gasteiger partial charge in [-0.05, 0) is 49.0 Å². The summed E-state index contributed by atoms with van der Waals surface area (Å²) in [6.07, 6.45) is 7.41. The van der Waals surface area contributed by atoms with Gasteiger partial charge in [0.1, 0.15) is 0 Å². The Kier molecular flexibility index (Phi) is 3.40. The van der Waals surface area contributed by atoms with Crippen molar-refractivity contribution in [2.24, 2.45) is 10.9 Å². The van der Waals surface area contributed by atoms with Gasteiger partial charge in [0.25, 0.3) is 0 Å². The van der Waals surface area contributed by atoms with Crippen molar-refractivity contribution in [1.29, 1.82) is 0 Å². The average molecular weight is 347 g/mol. The van der Waals surface area contributed by atoms with Crippen molar-refractivity contribution in [1.82, 2.24) is 0 Å². The second-order valence-corrected chi connectivity index (χ2v) is 5.87. The van der Waals surface area contributed by atoms with E-state index in [0.29, 0.717) is 10.8 Å². The van der Waals surface area contributed by atoms with E-state index in [1.165, 1.54) is 4.90 Å². The van der Waals surface area contributed by atoms with Crippen molar-refractivity contribution in [2.45, 2.75) is 6.92 Å². The number of anilines is 1. The number of hydrogen-bond acceptors (Lipinski definition) is 2. The van der Waals surface area contributed by atoms with E-state index in [2.05, 4.69) is 20.9 Å². The topological polar surface area (TPSA) is 32.7 Å². The zero-order valence-corrected chi connectivity index (χ0v) is 13.1. The number of benzene rings is 1. The molecule has 1 unspecified atom stereocenters. The van der Waals surface area contributed by atoms with E-state index in [1.807, 2.05) is 49.4 Å². The van der Waals surface area contributed by atoms with Crippen LogP contribution in [0.4, 0.5) is 5.69 Å². The standard InChI is InChI=1S/C15H11BrN2OS/c1-9-8-10(6-7-12(9)16)18-14(19)11-4-2-3-5-13(11)17-15(18)20/h2-8,11H,1H3. The van der Waals surface area contributed by atoms with E-state index in [0.717, 1.165) is 15.7 Å².